The van der Waals surface area contributed by atoms with Crippen LogP contribution in [-0.4, -0.2) is 43.6 Å². The summed E-state index contributed by atoms with van der Waals surface area (Å²) in [6.45, 7) is 4.54. The van der Waals surface area contributed by atoms with E-state index in [4.69, 9.17) is 10.5 Å². The Hall–Kier alpha value is -4.92. The highest BCUT2D eigenvalue weighted by atomic mass is 19.2. The average molecular weight is 562 g/mol. The van der Waals surface area contributed by atoms with E-state index in [1.54, 1.807) is 15.7 Å². The van der Waals surface area contributed by atoms with Gasteiger partial charge in [-0.2, -0.15) is 14.8 Å². The van der Waals surface area contributed by atoms with Gasteiger partial charge in [-0.1, -0.05) is 26.0 Å². The first-order valence-corrected chi connectivity index (χ1v) is 13.0. The van der Waals surface area contributed by atoms with Crippen molar-refractivity contribution in [2.45, 2.75) is 32.7 Å². The van der Waals surface area contributed by atoms with Gasteiger partial charge in [-0.3, -0.25) is 4.79 Å². The molecule has 1 aliphatic rings. The Morgan fingerprint density at radius 3 is 2.73 bits per heavy atom. The number of nitrogen functional groups attached to an aromatic ring is 1. The number of benzene rings is 2. The molecule has 1 fully saturated rings. The monoisotopic (exact) mass is 561 g/mol. The maximum Gasteiger partial charge on any atom is 0.264 e. The topological polar surface area (TPSA) is 123 Å². The molecule has 4 aromatic rings. The molecule has 0 spiro atoms. The van der Waals surface area contributed by atoms with E-state index in [9.17, 15) is 18.8 Å². The van der Waals surface area contributed by atoms with Gasteiger partial charge in [0.15, 0.2) is 17.2 Å². The summed E-state index contributed by atoms with van der Waals surface area (Å²) in [6.07, 6.45) is 4.24. The first-order chi connectivity index (χ1) is 19.7. The lowest BCUT2D eigenvalue weighted by Crippen LogP contribution is -2.41. The van der Waals surface area contributed by atoms with Gasteiger partial charge >= 0.3 is 0 Å². The van der Waals surface area contributed by atoms with E-state index in [1.165, 1.54) is 30.6 Å². The number of hydrogen-bond acceptors (Lipinski definition) is 7. The minimum Gasteiger partial charge on any atom is -0.454 e. The van der Waals surface area contributed by atoms with Crippen molar-refractivity contribution in [1.82, 2.24) is 24.6 Å². The number of likely N-dealkylation sites (tertiary alicyclic amines) is 1. The smallest absolute Gasteiger partial charge is 0.264 e. The Morgan fingerprint density at radius 1 is 1.20 bits per heavy atom. The fourth-order valence-corrected chi connectivity index (χ4v) is 4.88. The van der Waals surface area contributed by atoms with E-state index in [1.807, 2.05) is 19.9 Å². The van der Waals surface area contributed by atoms with Crippen LogP contribution in [0.1, 0.15) is 32.7 Å². The van der Waals surface area contributed by atoms with Gasteiger partial charge < -0.3 is 15.4 Å². The van der Waals surface area contributed by atoms with Crippen LogP contribution in [-0.2, 0) is 4.79 Å². The van der Waals surface area contributed by atoms with E-state index >= 15 is 4.39 Å². The molecule has 0 saturated carbocycles. The molecule has 5 rings (SSSR count). The molecule has 41 heavy (non-hydrogen) atoms. The van der Waals surface area contributed by atoms with Gasteiger partial charge in [0.1, 0.15) is 41.0 Å². The Kier molecular flexibility index (Phi) is 7.61. The van der Waals surface area contributed by atoms with Crippen LogP contribution >= 0.6 is 0 Å². The van der Waals surface area contributed by atoms with Crippen LogP contribution in [0.15, 0.2) is 54.4 Å². The van der Waals surface area contributed by atoms with Crippen molar-refractivity contribution in [2.75, 3.05) is 18.8 Å². The van der Waals surface area contributed by atoms with Gasteiger partial charge in [-0.15, -0.1) is 0 Å². The SMILES string of the molecule is CC(C)/C=C(\C#N)C(=O)N1CCC[C@@H](n2nc(-c3ccc(Oc4cccc(F)c4F)cc3F)c3c(N)ncnc32)C1. The zero-order valence-electron chi connectivity index (χ0n) is 22.3. The molecule has 2 N–H and O–H groups in total. The number of piperidine rings is 1. The summed E-state index contributed by atoms with van der Waals surface area (Å²) in [7, 11) is 0. The molecule has 1 aliphatic heterocycles. The lowest BCUT2D eigenvalue weighted by molar-refractivity contribution is -0.128. The third kappa shape index (κ3) is 5.43. The average Bonchev–Trinajstić information content (AvgIpc) is 3.34. The number of ether oxygens (including phenoxy) is 1. The highest BCUT2D eigenvalue weighted by Gasteiger charge is 2.30. The predicted octanol–water partition coefficient (Wildman–Crippen LogP) is 5.55. The van der Waals surface area contributed by atoms with Crippen molar-refractivity contribution < 1.29 is 22.7 Å². The number of nitrogens with two attached hydrogens (primary N) is 1. The fourth-order valence-electron chi connectivity index (χ4n) is 4.88. The number of nitrogens with zero attached hydrogens (tertiary/aromatic N) is 6. The largest absolute Gasteiger partial charge is 0.454 e. The Morgan fingerprint density at radius 2 is 2.00 bits per heavy atom. The minimum atomic E-state index is -1.19. The lowest BCUT2D eigenvalue weighted by atomic mass is 10.0. The summed E-state index contributed by atoms with van der Waals surface area (Å²) in [6, 6.07) is 8.97. The number of carbonyl (C=O) groups excluding carboxylic acids is 1. The normalized spacial score (nSPS) is 15.8. The van der Waals surface area contributed by atoms with E-state index in [0.717, 1.165) is 12.1 Å². The van der Waals surface area contributed by atoms with Crippen LogP contribution in [0, 0.1) is 34.7 Å². The summed E-state index contributed by atoms with van der Waals surface area (Å²) in [5, 5.41) is 14.5. The van der Waals surface area contributed by atoms with Gasteiger partial charge in [-0.05, 0) is 43.0 Å². The highest BCUT2D eigenvalue weighted by molar-refractivity contribution is 5.99. The molecule has 1 atom stereocenters. The number of rotatable bonds is 6. The number of hydrogen-bond donors (Lipinski definition) is 1. The van der Waals surface area contributed by atoms with Crippen molar-refractivity contribution in [3.63, 3.8) is 0 Å². The second-order valence-electron chi connectivity index (χ2n) is 10.0. The molecule has 210 valence electrons. The molecule has 2 aromatic heterocycles. The zero-order valence-corrected chi connectivity index (χ0v) is 22.3. The first kappa shape index (κ1) is 27.6. The molecule has 2 aromatic carbocycles. The molecule has 12 heteroatoms. The minimum absolute atomic E-state index is 0.0334. The van der Waals surface area contributed by atoms with Crippen LogP contribution in [0.25, 0.3) is 22.3 Å². The second-order valence-corrected chi connectivity index (χ2v) is 10.0. The van der Waals surface area contributed by atoms with Crippen molar-refractivity contribution in [3.05, 3.63) is 71.8 Å². The molecule has 9 nitrogen and oxygen atoms in total. The number of allylic oxidation sites excluding steroid dienone is 1. The third-order valence-corrected chi connectivity index (χ3v) is 6.74. The molecule has 0 aliphatic carbocycles. The van der Waals surface area contributed by atoms with E-state index < -0.39 is 17.5 Å². The summed E-state index contributed by atoms with van der Waals surface area (Å²) in [5.41, 5.74) is 6.89. The fraction of sp³-hybridized carbons (Fsp3) is 0.276. The number of carbonyl (C=O) groups is 1. The second kappa shape index (κ2) is 11.3. The molecule has 1 amide bonds. The maximum atomic E-state index is 15.5. The van der Waals surface area contributed by atoms with Gasteiger partial charge in [0.25, 0.3) is 5.91 Å². The van der Waals surface area contributed by atoms with Gasteiger partial charge in [-0.25, -0.2) is 23.4 Å². The van der Waals surface area contributed by atoms with Crippen LogP contribution in [0.4, 0.5) is 19.0 Å². The quantitative estimate of drug-likeness (QED) is 0.242. The summed E-state index contributed by atoms with van der Waals surface area (Å²) < 4.78 is 50.1. The number of nitriles is 1. The van der Waals surface area contributed by atoms with Crippen LogP contribution < -0.4 is 10.5 Å². The van der Waals surface area contributed by atoms with Gasteiger partial charge in [0, 0.05) is 24.7 Å². The maximum absolute atomic E-state index is 15.5. The van der Waals surface area contributed by atoms with Crippen LogP contribution in [0.5, 0.6) is 11.5 Å². The molecule has 3 heterocycles. The number of anilines is 1. The Labute approximate surface area is 233 Å². The number of aromatic nitrogens is 4. The molecular weight excluding hydrogens is 535 g/mol. The zero-order chi connectivity index (χ0) is 29.3. The van der Waals surface area contributed by atoms with E-state index in [-0.39, 0.29) is 58.6 Å². The summed E-state index contributed by atoms with van der Waals surface area (Å²) in [5.74, 6) is -3.68. The van der Waals surface area contributed by atoms with Gasteiger partial charge in [0.2, 0.25) is 5.82 Å². The summed E-state index contributed by atoms with van der Waals surface area (Å²) >= 11 is 0. The molecule has 0 unspecified atom stereocenters. The molecule has 0 bridgehead atoms. The third-order valence-electron chi connectivity index (χ3n) is 6.74. The van der Waals surface area contributed by atoms with Gasteiger partial charge in [0.05, 0.1) is 11.4 Å². The first-order valence-electron chi connectivity index (χ1n) is 13.0. The molecular formula is C29H26F3N7O2. The van der Waals surface area contributed by atoms with Crippen molar-refractivity contribution in [1.29, 1.82) is 5.26 Å². The molecule has 0 radical (unpaired) electrons. The van der Waals surface area contributed by atoms with E-state index in [2.05, 4.69) is 15.1 Å². The predicted molar refractivity (Wildman–Crippen MR) is 145 cm³/mol. The van der Waals surface area contributed by atoms with Crippen LogP contribution in [0.2, 0.25) is 0 Å². The van der Waals surface area contributed by atoms with E-state index in [0.29, 0.717) is 30.4 Å². The lowest BCUT2D eigenvalue weighted by Gasteiger charge is -2.33. The van der Waals surface area contributed by atoms with Crippen molar-refractivity contribution in [2.24, 2.45) is 5.92 Å². The molecule has 1 saturated heterocycles. The van der Waals surface area contributed by atoms with Crippen molar-refractivity contribution in [3.8, 4) is 28.8 Å². The standard InChI is InChI=1S/C29H26F3N7O2/c1-16(2)11-17(13-33)29(40)38-10-4-5-18(14-38)39-28-24(27(34)35-15-36-28)26(37-39)20-9-8-19(12-22(20)31)41-23-7-3-6-21(30)25(23)32/h3,6-9,11-12,15-16,18H,4-5,10,14H2,1-2H3,(H2,34,35,36)/b17-11+/t18-/m1/s1. The van der Waals surface area contributed by atoms with Crippen molar-refractivity contribution >= 4 is 22.8 Å². The summed E-state index contributed by atoms with van der Waals surface area (Å²) in [4.78, 5) is 23.1. The number of fused-ring (bicyclic) bond motifs is 1. The number of halogens is 3. The highest BCUT2D eigenvalue weighted by Crippen LogP contribution is 2.37. The Bertz CT molecular complexity index is 1710. The number of amides is 1. The van der Waals surface area contributed by atoms with Crippen LogP contribution in [0.3, 0.4) is 0 Å². The Balaban J connectivity index is 1.50.